The minimum Gasteiger partial charge on any atom is -0.493 e. The van der Waals surface area contributed by atoms with Crippen molar-refractivity contribution >= 4 is 11.8 Å². The van der Waals surface area contributed by atoms with Gasteiger partial charge < -0.3 is 18.9 Å². The van der Waals surface area contributed by atoms with E-state index < -0.39 is 5.97 Å². The van der Waals surface area contributed by atoms with Gasteiger partial charge in [-0.1, -0.05) is 52.4 Å². The number of ketones is 1. The Bertz CT molecular complexity index is 628. The quantitative estimate of drug-likeness (QED) is 0.255. The summed E-state index contributed by atoms with van der Waals surface area (Å²) >= 11 is 0. The average Bonchev–Trinajstić information content (AvgIpc) is 2.73. The Kier molecular flexibility index (Phi) is 12.6. The Balaban J connectivity index is 2.28. The third-order valence-corrected chi connectivity index (χ3v) is 5.00. The zero-order chi connectivity index (χ0) is 22.4. The largest absolute Gasteiger partial charge is 0.493 e. The van der Waals surface area contributed by atoms with Crippen molar-refractivity contribution in [2.24, 2.45) is 5.92 Å². The van der Waals surface area contributed by atoms with Crippen LogP contribution in [-0.2, 0) is 9.53 Å². The summed E-state index contributed by atoms with van der Waals surface area (Å²) in [5.74, 6) is 1.56. The molecule has 0 aromatic heterocycles. The Morgan fingerprint density at radius 3 is 1.90 bits per heavy atom. The lowest BCUT2D eigenvalue weighted by molar-refractivity contribution is -0.119. The molecule has 0 aliphatic carbocycles. The number of hydrogen-bond donors (Lipinski definition) is 0. The first-order chi connectivity index (χ1) is 14.4. The van der Waals surface area contributed by atoms with E-state index in [9.17, 15) is 9.59 Å². The van der Waals surface area contributed by atoms with Crippen molar-refractivity contribution in [3.63, 3.8) is 0 Å². The molecule has 30 heavy (non-hydrogen) atoms. The number of ether oxygens (including phenoxy) is 4. The van der Waals surface area contributed by atoms with Crippen molar-refractivity contribution in [2.75, 3.05) is 27.9 Å². The zero-order valence-corrected chi connectivity index (χ0v) is 19.3. The molecule has 0 spiro atoms. The van der Waals surface area contributed by atoms with Gasteiger partial charge in [0.1, 0.15) is 5.78 Å². The second kappa shape index (κ2) is 14.7. The summed E-state index contributed by atoms with van der Waals surface area (Å²) in [6, 6.07) is 3.07. The van der Waals surface area contributed by atoms with Gasteiger partial charge in [-0.25, -0.2) is 4.79 Å². The highest BCUT2D eigenvalue weighted by atomic mass is 16.5. The van der Waals surface area contributed by atoms with E-state index in [0.29, 0.717) is 23.7 Å². The summed E-state index contributed by atoms with van der Waals surface area (Å²) < 4.78 is 21.0. The van der Waals surface area contributed by atoms with Crippen molar-refractivity contribution < 1.29 is 28.5 Å². The Morgan fingerprint density at radius 2 is 1.37 bits per heavy atom. The van der Waals surface area contributed by atoms with Crippen LogP contribution in [0.1, 0.15) is 82.0 Å². The summed E-state index contributed by atoms with van der Waals surface area (Å²) in [6.45, 7) is 4.59. The summed E-state index contributed by atoms with van der Waals surface area (Å²) in [5.41, 5.74) is 0.286. The van der Waals surface area contributed by atoms with Crippen LogP contribution in [-0.4, -0.2) is 39.7 Å². The van der Waals surface area contributed by atoms with Crippen LogP contribution < -0.4 is 14.2 Å². The van der Waals surface area contributed by atoms with Crippen molar-refractivity contribution in [1.29, 1.82) is 0 Å². The standard InChI is InChI=1S/C24H38O6/c1-18(2)12-10-8-6-7-9-11-13-20(25)14-15-30-24(26)19-16-21(27-3)23(29-5)22(17-19)28-4/h16-18H,6-15H2,1-5H3. The Hall–Kier alpha value is -2.24. The van der Waals surface area contributed by atoms with Crippen LogP contribution in [0.5, 0.6) is 17.2 Å². The molecule has 0 saturated carbocycles. The predicted octanol–water partition coefficient (Wildman–Crippen LogP) is 5.61. The van der Waals surface area contributed by atoms with Crippen molar-refractivity contribution in [3.05, 3.63) is 17.7 Å². The fraction of sp³-hybridized carbons (Fsp3) is 0.667. The number of esters is 1. The number of rotatable bonds is 16. The Morgan fingerprint density at radius 1 is 0.800 bits per heavy atom. The van der Waals surface area contributed by atoms with E-state index >= 15 is 0 Å². The molecule has 6 nitrogen and oxygen atoms in total. The maximum atomic E-state index is 12.3. The van der Waals surface area contributed by atoms with Gasteiger partial charge in [-0.2, -0.15) is 0 Å². The third kappa shape index (κ3) is 9.51. The molecule has 6 heteroatoms. The fourth-order valence-corrected chi connectivity index (χ4v) is 3.25. The molecule has 0 unspecified atom stereocenters. The number of Topliss-reactive ketones (excluding diaryl/α,β-unsaturated/α-hetero) is 1. The van der Waals surface area contributed by atoms with Crippen LogP contribution in [0, 0.1) is 5.92 Å². The van der Waals surface area contributed by atoms with Crippen LogP contribution >= 0.6 is 0 Å². The Labute approximate surface area is 181 Å². The maximum absolute atomic E-state index is 12.3. The number of carbonyl (C=O) groups excluding carboxylic acids is 2. The van der Waals surface area contributed by atoms with E-state index in [-0.39, 0.29) is 24.4 Å². The highest BCUT2D eigenvalue weighted by Crippen LogP contribution is 2.38. The molecule has 0 saturated heterocycles. The lowest BCUT2D eigenvalue weighted by atomic mass is 10.0. The number of methoxy groups -OCH3 is 3. The molecule has 1 aromatic rings. The fourth-order valence-electron chi connectivity index (χ4n) is 3.25. The topological polar surface area (TPSA) is 71.1 Å². The maximum Gasteiger partial charge on any atom is 0.338 e. The number of unbranched alkanes of at least 4 members (excludes halogenated alkanes) is 5. The van der Waals surface area contributed by atoms with E-state index in [1.54, 1.807) is 0 Å². The molecule has 0 N–H and O–H groups in total. The second-order valence-corrected chi connectivity index (χ2v) is 7.89. The van der Waals surface area contributed by atoms with Crippen molar-refractivity contribution in [3.8, 4) is 17.2 Å². The summed E-state index contributed by atoms with van der Waals surface area (Å²) in [7, 11) is 4.46. The second-order valence-electron chi connectivity index (χ2n) is 7.89. The van der Waals surface area contributed by atoms with Gasteiger partial charge in [-0.3, -0.25) is 4.79 Å². The monoisotopic (exact) mass is 422 g/mol. The van der Waals surface area contributed by atoms with Gasteiger partial charge in [0.2, 0.25) is 5.75 Å². The minimum absolute atomic E-state index is 0.0729. The van der Waals surface area contributed by atoms with Gasteiger partial charge in [-0.05, 0) is 24.5 Å². The van der Waals surface area contributed by atoms with Gasteiger partial charge in [0, 0.05) is 12.8 Å². The van der Waals surface area contributed by atoms with Crippen LogP contribution in [0.15, 0.2) is 12.1 Å². The summed E-state index contributed by atoms with van der Waals surface area (Å²) in [6.07, 6.45) is 9.08. The molecule has 0 atom stereocenters. The van der Waals surface area contributed by atoms with Gasteiger partial charge in [0.05, 0.1) is 33.5 Å². The van der Waals surface area contributed by atoms with Gasteiger partial charge in [0.15, 0.2) is 11.5 Å². The van der Waals surface area contributed by atoms with E-state index in [2.05, 4.69) is 13.8 Å². The molecule has 1 aromatic carbocycles. The molecule has 0 heterocycles. The van der Waals surface area contributed by atoms with E-state index in [1.165, 1.54) is 65.6 Å². The third-order valence-electron chi connectivity index (χ3n) is 5.00. The van der Waals surface area contributed by atoms with Crippen molar-refractivity contribution in [1.82, 2.24) is 0 Å². The van der Waals surface area contributed by atoms with Gasteiger partial charge in [-0.15, -0.1) is 0 Å². The SMILES string of the molecule is COc1cc(C(=O)OCCC(=O)CCCCCCCCC(C)C)cc(OC)c1OC. The summed E-state index contributed by atoms with van der Waals surface area (Å²) in [5, 5.41) is 0. The number of benzene rings is 1. The van der Waals surface area contributed by atoms with Crippen LogP contribution in [0.3, 0.4) is 0 Å². The highest BCUT2D eigenvalue weighted by molar-refractivity contribution is 5.91. The molecule has 0 bridgehead atoms. The molecule has 0 aliphatic rings. The average molecular weight is 423 g/mol. The zero-order valence-electron chi connectivity index (χ0n) is 19.3. The predicted molar refractivity (Wildman–Crippen MR) is 118 cm³/mol. The van der Waals surface area contributed by atoms with E-state index in [1.807, 2.05) is 0 Å². The smallest absolute Gasteiger partial charge is 0.338 e. The molecule has 170 valence electrons. The number of hydrogen-bond acceptors (Lipinski definition) is 6. The van der Waals surface area contributed by atoms with E-state index in [4.69, 9.17) is 18.9 Å². The van der Waals surface area contributed by atoms with Gasteiger partial charge >= 0.3 is 5.97 Å². The highest BCUT2D eigenvalue weighted by Gasteiger charge is 2.18. The van der Waals surface area contributed by atoms with Crippen molar-refractivity contribution in [2.45, 2.75) is 71.6 Å². The molecular formula is C24H38O6. The van der Waals surface area contributed by atoms with Crippen LogP contribution in [0.25, 0.3) is 0 Å². The van der Waals surface area contributed by atoms with E-state index in [0.717, 1.165) is 18.8 Å². The normalized spacial score (nSPS) is 10.7. The first kappa shape index (κ1) is 25.8. The lowest BCUT2D eigenvalue weighted by Gasteiger charge is -2.13. The molecule has 1 rings (SSSR count). The molecule has 0 amide bonds. The first-order valence-electron chi connectivity index (χ1n) is 10.9. The summed E-state index contributed by atoms with van der Waals surface area (Å²) in [4.78, 5) is 24.3. The molecule has 0 radical (unpaired) electrons. The number of carbonyl (C=O) groups is 2. The first-order valence-corrected chi connectivity index (χ1v) is 10.9. The van der Waals surface area contributed by atoms with Crippen LogP contribution in [0.2, 0.25) is 0 Å². The minimum atomic E-state index is -0.525. The molecular weight excluding hydrogens is 384 g/mol. The van der Waals surface area contributed by atoms with Crippen LogP contribution in [0.4, 0.5) is 0 Å². The molecule has 0 fully saturated rings. The van der Waals surface area contributed by atoms with Gasteiger partial charge in [0.25, 0.3) is 0 Å². The molecule has 0 aliphatic heterocycles. The lowest BCUT2D eigenvalue weighted by Crippen LogP contribution is -2.11.